The van der Waals surface area contributed by atoms with Gasteiger partial charge in [-0.2, -0.15) is 5.10 Å². The van der Waals surface area contributed by atoms with E-state index in [9.17, 15) is 22.8 Å². The van der Waals surface area contributed by atoms with Gasteiger partial charge in [0.2, 0.25) is 0 Å². The Bertz CT molecular complexity index is 1400. The molecule has 3 aliphatic rings. The van der Waals surface area contributed by atoms with E-state index in [2.05, 4.69) is 15.1 Å². The summed E-state index contributed by atoms with van der Waals surface area (Å²) in [6, 6.07) is 3.37. The van der Waals surface area contributed by atoms with Crippen LogP contribution < -0.4 is 10.5 Å². The first kappa shape index (κ1) is 28.1. The van der Waals surface area contributed by atoms with Crippen LogP contribution in [0.25, 0.3) is 0 Å². The average Bonchev–Trinajstić information content (AvgIpc) is 3.44. The lowest BCUT2D eigenvalue weighted by Gasteiger charge is -2.41. The Morgan fingerprint density at radius 3 is 2.41 bits per heavy atom. The standard InChI is InChI=1S/C28H30F3N7O3/c1-33-26(21(13-32)27(39)36-7-3-2-4-8-36)23-12-25(22(31)14-34-23)41-20-15-37(16-20)28(40)38-24(5-6-35-38)17-9-18(29)11-19(30)10-17/h6,9-14,20,24H,2-5,7-8,15-16,32H2,1H3/t24-/m0/s1. The number of nitrogens with two attached hydrogens (primary N) is 1. The van der Waals surface area contributed by atoms with Gasteiger partial charge < -0.3 is 20.3 Å². The minimum atomic E-state index is -0.739. The first-order valence-electron chi connectivity index (χ1n) is 13.4. The predicted octanol–water partition coefficient (Wildman–Crippen LogP) is 3.39. The SMILES string of the molecule is CN=C(C(=CN)C(=O)N1CCCCC1)c1cc(OC2CN(C(=O)N3N=CC[C@H]3c3cc(F)cc(F)c3)C2)c(F)cn1. The number of likely N-dealkylation sites (tertiary alicyclic amines) is 2. The topological polar surface area (TPSA) is 117 Å². The van der Waals surface area contributed by atoms with Crippen LogP contribution in [0.15, 0.2) is 52.3 Å². The van der Waals surface area contributed by atoms with E-state index in [1.54, 1.807) is 4.90 Å². The average molecular weight is 570 g/mol. The maximum Gasteiger partial charge on any atom is 0.341 e. The van der Waals surface area contributed by atoms with Gasteiger partial charge in [-0.25, -0.2) is 23.0 Å². The molecule has 216 valence electrons. The third-order valence-electron chi connectivity index (χ3n) is 7.29. The van der Waals surface area contributed by atoms with Crippen LogP contribution in [-0.4, -0.2) is 83.0 Å². The van der Waals surface area contributed by atoms with E-state index in [1.807, 2.05) is 0 Å². The highest BCUT2D eigenvalue weighted by atomic mass is 19.1. The fraction of sp³-hybridized carbons (Fsp3) is 0.393. The summed E-state index contributed by atoms with van der Waals surface area (Å²) in [6.45, 7) is 1.53. The van der Waals surface area contributed by atoms with Crippen molar-refractivity contribution < 1.29 is 27.5 Å². The number of hydrogen-bond donors (Lipinski definition) is 1. The molecule has 2 N–H and O–H groups in total. The largest absolute Gasteiger partial charge is 0.483 e. The van der Waals surface area contributed by atoms with Gasteiger partial charge in [-0.05, 0) is 37.0 Å². The molecule has 4 heterocycles. The van der Waals surface area contributed by atoms with E-state index < -0.39 is 35.6 Å². The van der Waals surface area contributed by atoms with Gasteiger partial charge >= 0.3 is 6.03 Å². The molecule has 5 rings (SSSR count). The minimum Gasteiger partial charge on any atom is -0.483 e. The molecule has 1 atom stereocenters. The molecule has 0 radical (unpaired) electrons. The van der Waals surface area contributed by atoms with Crippen LogP contribution >= 0.6 is 0 Å². The lowest BCUT2D eigenvalue weighted by molar-refractivity contribution is -0.127. The maximum atomic E-state index is 14.7. The Kier molecular flexibility index (Phi) is 8.22. The smallest absolute Gasteiger partial charge is 0.341 e. The van der Waals surface area contributed by atoms with Crippen molar-refractivity contribution in [2.75, 3.05) is 33.2 Å². The molecule has 3 amide bonds. The van der Waals surface area contributed by atoms with Crippen LogP contribution in [0.1, 0.15) is 43.0 Å². The van der Waals surface area contributed by atoms with Crippen LogP contribution in [0.5, 0.6) is 5.75 Å². The lowest BCUT2D eigenvalue weighted by atomic mass is 10.0. The van der Waals surface area contributed by atoms with Crippen molar-refractivity contribution in [2.45, 2.75) is 37.8 Å². The number of amides is 3. The number of aliphatic imine (C=N–C) groups is 1. The fourth-order valence-corrected chi connectivity index (χ4v) is 5.17. The molecule has 3 aliphatic heterocycles. The molecule has 0 spiro atoms. The minimum absolute atomic E-state index is 0.109. The normalized spacial score (nSPS) is 19.9. The van der Waals surface area contributed by atoms with Crippen LogP contribution in [0.3, 0.4) is 0 Å². The Balaban J connectivity index is 1.24. The molecule has 0 unspecified atom stereocenters. The van der Waals surface area contributed by atoms with Gasteiger partial charge in [0.15, 0.2) is 11.6 Å². The quantitative estimate of drug-likeness (QED) is 0.423. The number of hydrogen-bond acceptors (Lipinski definition) is 7. The van der Waals surface area contributed by atoms with Crippen molar-refractivity contribution in [3.63, 3.8) is 0 Å². The van der Waals surface area contributed by atoms with E-state index in [0.717, 1.165) is 31.5 Å². The van der Waals surface area contributed by atoms with E-state index in [0.29, 0.717) is 25.1 Å². The number of ether oxygens (including phenoxy) is 1. The monoisotopic (exact) mass is 569 g/mol. The number of pyridine rings is 1. The van der Waals surface area contributed by atoms with Crippen molar-refractivity contribution >= 4 is 23.9 Å². The molecule has 0 saturated carbocycles. The third kappa shape index (κ3) is 5.88. The Morgan fingerprint density at radius 1 is 1.05 bits per heavy atom. The highest BCUT2D eigenvalue weighted by molar-refractivity contribution is 6.27. The maximum absolute atomic E-state index is 14.7. The second-order valence-electron chi connectivity index (χ2n) is 10.0. The first-order chi connectivity index (χ1) is 19.8. The van der Waals surface area contributed by atoms with Crippen LogP contribution in [-0.2, 0) is 4.79 Å². The summed E-state index contributed by atoms with van der Waals surface area (Å²) in [6.07, 6.45) is 6.35. The number of nitrogens with zero attached hydrogens (tertiary/aromatic N) is 6. The molecular weight excluding hydrogens is 539 g/mol. The summed E-state index contributed by atoms with van der Waals surface area (Å²) in [5.74, 6) is -2.57. The van der Waals surface area contributed by atoms with Gasteiger partial charge in [0, 0.05) is 51.1 Å². The number of aromatic nitrogens is 1. The molecule has 0 bridgehead atoms. The van der Waals surface area contributed by atoms with Crippen LogP contribution in [0, 0.1) is 17.5 Å². The second kappa shape index (κ2) is 12.0. The molecule has 1 aromatic heterocycles. The van der Waals surface area contributed by atoms with E-state index >= 15 is 0 Å². The van der Waals surface area contributed by atoms with Crippen LogP contribution in [0.4, 0.5) is 18.0 Å². The Morgan fingerprint density at radius 2 is 1.76 bits per heavy atom. The van der Waals surface area contributed by atoms with Crippen molar-refractivity contribution in [1.82, 2.24) is 19.8 Å². The lowest BCUT2D eigenvalue weighted by Crippen LogP contribution is -2.58. The summed E-state index contributed by atoms with van der Waals surface area (Å²) in [4.78, 5) is 37.7. The summed E-state index contributed by atoms with van der Waals surface area (Å²) < 4.78 is 48.0. The van der Waals surface area contributed by atoms with Gasteiger partial charge in [-0.3, -0.25) is 14.8 Å². The Labute approximate surface area is 235 Å². The predicted molar refractivity (Wildman–Crippen MR) is 145 cm³/mol. The van der Waals surface area contributed by atoms with Gasteiger partial charge in [0.05, 0.1) is 42.3 Å². The second-order valence-corrected chi connectivity index (χ2v) is 10.0. The molecule has 13 heteroatoms. The molecule has 2 saturated heterocycles. The number of rotatable bonds is 6. The zero-order valence-corrected chi connectivity index (χ0v) is 22.5. The van der Waals surface area contributed by atoms with Crippen molar-refractivity contribution in [2.24, 2.45) is 15.8 Å². The van der Waals surface area contributed by atoms with Crippen molar-refractivity contribution in [3.05, 3.63) is 70.9 Å². The number of benzene rings is 1. The van der Waals surface area contributed by atoms with Gasteiger partial charge in [-0.15, -0.1) is 0 Å². The molecular formula is C28H30F3N7O3. The number of halogens is 3. The molecule has 2 fully saturated rings. The Hall–Kier alpha value is -4.42. The van der Waals surface area contributed by atoms with Crippen molar-refractivity contribution in [1.29, 1.82) is 0 Å². The molecule has 10 nitrogen and oxygen atoms in total. The zero-order valence-electron chi connectivity index (χ0n) is 22.5. The highest BCUT2D eigenvalue weighted by Crippen LogP contribution is 2.32. The van der Waals surface area contributed by atoms with E-state index in [1.165, 1.54) is 47.6 Å². The van der Waals surface area contributed by atoms with Crippen LogP contribution in [0.2, 0.25) is 0 Å². The highest BCUT2D eigenvalue weighted by Gasteiger charge is 2.39. The molecule has 1 aromatic carbocycles. The summed E-state index contributed by atoms with van der Waals surface area (Å²) >= 11 is 0. The van der Waals surface area contributed by atoms with E-state index in [-0.39, 0.29) is 41.7 Å². The number of hydrazone groups is 1. The van der Waals surface area contributed by atoms with Gasteiger partial charge in [0.25, 0.3) is 5.91 Å². The van der Waals surface area contributed by atoms with Gasteiger partial charge in [-0.1, -0.05) is 0 Å². The summed E-state index contributed by atoms with van der Waals surface area (Å²) in [5.41, 5.74) is 6.71. The number of carbonyl (C=O) groups is 2. The first-order valence-corrected chi connectivity index (χ1v) is 13.4. The van der Waals surface area contributed by atoms with E-state index in [4.69, 9.17) is 10.5 Å². The third-order valence-corrected chi connectivity index (χ3v) is 7.29. The number of carbonyl (C=O) groups excluding carboxylic acids is 2. The summed E-state index contributed by atoms with van der Waals surface area (Å²) in [7, 11) is 1.50. The molecule has 41 heavy (non-hydrogen) atoms. The zero-order chi connectivity index (χ0) is 29.1. The molecule has 0 aliphatic carbocycles. The summed E-state index contributed by atoms with van der Waals surface area (Å²) in [5, 5.41) is 5.28. The van der Waals surface area contributed by atoms with Crippen molar-refractivity contribution in [3.8, 4) is 5.75 Å². The number of piperidine rings is 1. The number of urea groups is 1. The fourth-order valence-electron chi connectivity index (χ4n) is 5.17. The van der Waals surface area contributed by atoms with Gasteiger partial charge in [0.1, 0.15) is 17.7 Å². The molecule has 2 aromatic rings.